The van der Waals surface area contributed by atoms with Crippen molar-refractivity contribution in [3.63, 3.8) is 0 Å². The van der Waals surface area contributed by atoms with E-state index in [1.165, 1.54) is 11.3 Å². The Bertz CT molecular complexity index is 1210. The Balaban J connectivity index is 1.60. The fourth-order valence-electron chi connectivity index (χ4n) is 3.79. The number of amides is 1. The molecule has 146 valence electrons. The second-order valence-corrected chi connectivity index (χ2v) is 8.31. The minimum atomic E-state index is -0.190. The molecule has 1 aromatic carbocycles. The Labute approximate surface area is 172 Å². The van der Waals surface area contributed by atoms with Crippen molar-refractivity contribution in [1.82, 2.24) is 24.7 Å². The molecule has 0 bridgehead atoms. The zero-order valence-electron chi connectivity index (χ0n) is 16.3. The molecule has 0 saturated carbocycles. The van der Waals surface area contributed by atoms with Crippen molar-refractivity contribution in [3.8, 4) is 0 Å². The monoisotopic (exact) mass is 404 g/mol. The number of thiazole rings is 1. The summed E-state index contributed by atoms with van der Waals surface area (Å²) in [5.41, 5.74) is 4.03. The fraction of sp³-hybridized carbons (Fsp3) is 0.286. The second-order valence-electron chi connectivity index (χ2n) is 7.33. The molecule has 4 aromatic rings. The first kappa shape index (κ1) is 17.9. The normalized spacial score (nSPS) is 13.0. The van der Waals surface area contributed by atoms with E-state index in [-0.39, 0.29) is 5.91 Å². The van der Waals surface area contributed by atoms with Crippen molar-refractivity contribution in [2.45, 2.75) is 39.8 Å². The van der Waals surface area contributed by atoms with Gasteiger partial charge < -0.3 is 4.57 Å². The third kappa shape index (κ3) is 3.19. The lowest BCUT2D eigenvalue weighted by Crippen LogP contribution is -2.33. The molecular weight excluding hydrogens is 384 g/mol. The molecule has 1 aliphatic heterocycles. The number of anilines is 1. The largest absolute Gasteiger partial charge is 0.307 e. The highest BCUT2D eigenvalue weighted by atomic mass is 32.1. The summed E-state index contributed by atoms with van der Waals surface area (Å²) in [6, 6.07) is 9.90. The van der Waals surface area contributed by atoms with E-state index in [1.54, 1.807) is 11.1 Å². The van der Waals surface area contributed by atoms with Crippen LogP contribution in [-0.2, 0) is 19.5 Å². The Morgan fingerprint density at radius 2 is 2.14 bits per heavy atom. The zero-order chi connectivity index (χ0) is 20.0. The molecule has 0 radical (unpaired) electrons. The van der Waals surface area contributed by atoms with Gasteiger partial charge in [-0.3, -0.25) is 14.7 Å². The van der Waals surface area contributed by atoms with Gasteiger partial charge in [-0.2, -0.15) is 0 Å². The van der Waals surface area contributed by atoms with Gasteiger partial charge >= 0.3 is 0 Å². The van der Waals surface area contributed by atoms with E-state index in [9.17, 15) is 4.79 Å². The summed E-state index contributed by atoms with van der Waals surface area (Å²) >= 11 is 1.53. The fourth-order valence-corrected chi connectivity index (χ4v) is 4.80. The van der Waals surface area contributed by atoms with Crippen LogP contribution >= 0.6 is 11.3 Å². The zero-order valence-corrected chi connectivity index (χ0v) is 17.1. The molecule has 0 aliphatic carbocycles. The lowest BCUT2D eigenvalue weighted by atomic mass is 10.1. The van der Waals surface area contributed by atoms with Crippen LogP contribution < -0.4 is 4.90 Å². The predicted octanol–water partition coefficient (Wildman–Crippen LogP) is 3.69. The minimum Gasteiger partial charge on any atom is -0.307 e. The Kier molecular flexibility index (Phi) is 4.35. The van der Waals surface area contributed by atoms with Gasteiger partial charge in [0.25, 0.3) is 5.91 Å². The molecule has 1 amide bonds. The number of carbonyl (C=O) groups is 1. The van der Waals surface area contributed by atoms with Crippen LogP contribution in [-0.4, -0.2) is 30.6 Å². The molecule has 29 heavy (non-hydrogen) atoms. The molecular formula is C21H20N6OS. The third-order valence-electron chi connectivity index (χ3n) is 5.13. The molecule has 0 N–H and O–H groups in total. The topological polar surface area (TPSA) is 76.8 Å². The van der Waals surface area contributed by atoms with Crippen LogP contribution in [0.2, 0.25) is 0 Å². The molecule has 0 fully saturated rings. The summed E-state index contributed by atoms with van der Waals surface area (Å²) in [5, 5.41) is 9.04. The molecule has 0 saturated heterocycles. The molecule has 7 nitrogen and oxygen atoms in total. The summed E-state index contributed by atoms with van der Waals surface area (Å²) in [6.45, 7) is 5.24. The van der Waals surface area contributed by atoms with Crippen LogP contribution in [0, 0.1) is 13.8 Å². The van der Waals surface area contributed by atoms with Gasteiger partial charge in [0.1, 0.15) is 5.82 Å². The van der Waals surface area contributed by atoms with Gasteiger partial charge in [0, 0.05) is 19.2 Å². The number of benzene rings is 1. The number of pyridine rings is 1. The molecule has 0 unspecified atom stereocenters. The molecule has 8 heteroatoms. The number of hydrogen-bond donors (Lipinski definition) is 0. The van der Waals surface area contributed by atoms with Gasteiger partial charge in [0.15, 0.2) is 5.13 Å². The highest BCUT2D eigenvalue weighted by Crippen LogP contribution is 2.33. The van der Waals surface area contributed by atoms with Gasteiger partial charge in [0.05, 0.1) is 22.5 Å². The summed E-state index contributed by atoms with van der Waals surface area (Å²) in [7, 11) is 0. The third-order valence-corrected chi connectivity index (χ3v) is 6.36. The number of aromatic nitrogens is 5. The standard InChI is InChI=1S/C21H20N6OS/c1-13-10-14(2)18-16(11-13)23-21(29-18)27(12-15-6-3-4-8-22-15)20(28)19-25-24-17-7-5-9-26(17)19/h3-4,6,8,10-11H,5,7,9,12H2,1-2H3. The lowest BCUT2D eigenvalue weighted by molar-refractivity contribution is 0.0970. The van der Waals surface area contributed by atoms with Crippen molar-refractivity contribution in [3.05, 3.63) is 65.0 Å². The smallest absolute Gasteiger partial charge is 0.298 e. The van der Waals surface area contributed by atoms with E-state index in [4.69, 9.17) is 4.98 Å². The number of carbonyl (C=O) groups excluding carboxylic acids is 1. The van der Waals surface area contributed by atoms with Crippen LogP contribution in [0.1, 0.15) is 39.7 Å². The van der Waals surface area contributed by atoms with Crippen molar-refractivity contribution in [1.29, 1.82) is 0 Å². The van der Waals surface area contributed by atoms with Crippen molar-refractivity contribution in [2.75, 3.05) is 4.90 Å². The van der Waals surface area contributed by atoms with Crippen molar-refractivity contribution >= 4 is 32.6 Å². The molecule has 4 heterocycles. The van der Waals surface area contributed by atoms with Crippen LogP contribution in [0.3, 0.4) is 0 Å². The quantitative estimate of drug-likeness (QED) is 0.518. The number of nitrogens with zero attached hydrogens (tertiary/aromatic N) is 6. The average Bonchev–Trinajstić information content (AvgIpc) is 3.41. The highest BCUT2D eigenvalue weighted by molar-refractivity contribution is 7.22. The van der Waals surface area contributed by atoms with Crippen molar-refractivity contribution in [2.24, 2.45) is 0 Å². The number of hydrogen-bond acceptors (Lipinski definition) is 6. The van der Waals surface area contributed by atoms with Crippen LogP contribution in [0.15, 0.2) is 36.5 Å². The maximum Gasteiger partial charge on any atom is 0.298 e. The molecule has 3 aromatic heterocycles. The summed E-state index contributed by atoms with van der Waals surface area (Å²) < 4.78 is 3.02. The van der Waals surface area contributed by atoms with E-state index >= 15 is 0 Å². The van der Waals surface area contributed by atoms with Gasteiger partial charge in [0.2, 0.25) is 5.82 Å². The first-order chi connectivity index (χ1) is 14.1. The van der Waals surface area contributed by atoms with Gasteiger partial charge in [-0.15, -0.1) is 10.2 Å². The summed E-state index contributed by atoms with van der Waals surface area (Å²) in [4.78, 5) is 24.4. The Hall–Kier alpha value is -3.13. The lowest BCUT2D eigenvalue weighted by Gasteiger charge is -2.19. The maximum atomic E-state index is 13.5. The summed E-state index contributed by atoms with van der Waals surface area (Å²) in [5.74, 6) is 1.06. The average molecular weight is 404 g/mol. The molecule has 0 atom stereocenters. The molecule has 1 aliphatic rings. The van der Waals surface area contributed by atoms with Gasteiger partial charge in [-0.1, -0.05) is 23.5 Å². The van der Waals surface area contributed by atoms with E-state index in [2.05, 4.69) is 41.2 Å². The second kappa shape index (κ2) is 7.04. The first-order valence-electron chi connectivity index (χ1n) is 9.62. The number of fused-ring (bicyclic) bond motifs is 2. The first-order valence-corrected chi connectivity index (χ1v) is 10.4. The maximum absolute atomic E-state index is 13.5. The van der Waals surface area contributed by atoms with Crippen LogP contribution in [0.25, 0.3) is 10.2 Å². The van der Waals surface area contributed by atoms with Crippen molar-refractivity contribution < 1.29 is 4.79 Å². The van der Waals surface area contributed by atoms with Crippen LogP contribution in [0.4, 0.5) is 5.13 Å². The van der Waals surface area contributed by atoms with E-state index in [0.717, 1.165) is 52.2 Å². The van der Waals surface area contributed by atoms with E-state index < -0.39 is 0 Å². The van der Waals surface area contributed by atoms with Gasteiger partial charge in [-0.25, -0.2) is 4.98 Å². The summed E-state index contributed by atoms with van der Waals surface area (Å²) in [6.07, 6.45) is 3.59. The number of rotatable bonds is 4. The van der Waals surface area contributed by atoms with E-state index in [1.807, 2.05) is 22.8 Å². The van der Waals surface area contributed by atoms with Crippen LogP contribution in [0.5, 0.6) is 0 Å². The molecule has 5 rings (SSSR count). The minimum absolute atomic E-state index is 0.190. The number of aryl methyl sites for hydroxylation is 3. The molecule has 0 spiro atoms. The SMILES string of the molecule is Cc1cc(C)c2sc(N(Cc3ccccn3)C(=O)c3nnc4n3CCC4)nc2c1. The Morgan fingerprint density at radius 1 is 1.24 bits per heavy atom. The van der Waals surface area contributed by atoms with Gasteiger partial charge in [-0.05, 0) is 49.6 Å². The highest BCUT2D eigenvalue weighted by Gasteiger charge is 2.29. The van der Waals surface area contributed by atoms with E-state index in [0.29, 0.717) is 17.5 Å². The Morgan fingerprint density at radius 3 is 2.97 bits per heavy atom. The predicted molar refractivity (Wildman–Crippen MR) is 112 cm³/mol.